The van der Waals surface area contributed by atoms with Crippen LogP contribution in [0.3, 0.4) is 0 Å². The zero-order valence-corrected chi connectivity index (χ0v) is 15.8. The average molecular weight is 383 g/mol. The SMILES string of the molecule is CC(NC(=O)c1ccc2[nH]ccc2c1)c1ccc(N2CCCS2(=O)=O)cc1. The summed E-state index contributed by atoms with van der Waals surface area (Å²) in [5, 5.41) is 3.99. The van der Waals surface area contributed by atoms with E-state index in [2.05, 4.69) is 10.3 Å². The Balaban J connectivity index is 1.47. The minimum absolute atomic E-state index is 0.142. The first kappa shape index (κ1) is 17.6. The fourth-order valence-electron chi connectivity index (χ4n) is 3.42. The summed E-state index contributed by atoms with van der Waals surface area (Å²) in [5.74, 6) is 0.0592. The maximum absolute atomic E-state index is 12.5. The number of aromatic nitrogens is 1. The van der Waals surface area contributed by atoms with Gasteiger partial charge in [0, 0.05) is 29.2 Å². The lowest BCUT2D eigenvalue weighted by molar-refractivity contribution is 0.0940. The van der Waals surface area contributed by atoms with Gasteiger partial charge in [-0.1, -0.05) is 12.1 Å². The van der Waals surface area contributed by atoms with Crippen molar-refractivity contribution in [1.29, 1.82) is 0 Å². The highest BCUT2D eigenvalue weighted by atomic mass is 32.2. The highest BCUT2D eigenvalue weighted by molar-refractivity contribution is 7.93. The fraction of sp³-hybridized carbons (Fsp3) is 0.250. The minimum Gasteiger partial charge on any atom is -0.361 e. The molecule has 0 radical (unpaired) electrons. The number of aromatic amines is 1. The van der Waals surface area contributed by atoms with Crippen LogP contribution in [-0.4, -0.2) is 31.6 Å². The van der Waals surface area contributed by atoms with Gasteiger partial charge in [-0.2, -0.15) is 0 Å². The standard InChI is InChI=1S/C20H21N3O3S/c1-14(22-20(24)17-5-8-19-16(13-17)9-10-21-19)15-3-6-18(7-4-15)23-11-2-12-27(23,25)26/h3-10,13-14,21H,2,11-12H2,1H3,(H,22,24). The Hall–Kier alpha value is -2.80. The second kappa shape index (κ2) is 6.74. The quantitative estimate of drug-likeness (QED) is 0.726. The van der Waals surface area contributed by atoms with E-state index in [4.69, 9.17) is 0 Å². The summed E-state index contributed by atoms with van der Waals surface area (Å²) in [4.78, 5) is 15.7. The summed E-state index contributed by atoms with van der Waals surface area (Å²) >= 11 is 0. The van der Waals surface area contributed by atoms with Crippen molar-refractivity contribution in [3.05, 3.63) is 65.9 Å². The van der Waals surface area contributed by atoms with Gasteiger partial charge in [0.05, 0.1) is 17.5 Å². The summed E-state index contributed by atoms with van der Waals surface area (Å²) in [6, 6.07) is 14.6. The molecule has 1 amide bonds. The van der Waals surface area contributed by atoms with E-state index in [0.717, 1.165) is 16.5 Å². The number of sulfonamides is 1. The molecule has 27 heavy (non-hydrogen) atoms. The molecule has 6 nitrogen and oxygen atoms in total. The highest BCUT2D eigenvalue weighted by Gasteiger charge is 2.28. The van der Waals surface area contributed by atoms with Crippen molar-refractivity contribution < 1.29 is 13.2 Å². The number of hydrogen-bond donors (Lipinski definition) is 2. The number of anilines is 1. The van der Waals surface area contributed by atoms with Crippen LogP contribution in [0.2, 0.25) is 0 Å². The van der Waals surface area contributed by atoms with E-state index in [1.807, 2.05) is 43.5 Å². The predicted octanol–water partition coefficient (Wildman–Crippen LogP) is 3.20. The van der Waals surface area contributed by atoms with Gasteiger partial charge >= 0.3 is 0 Å². The first-order chi connectivity index (χ1) is 12.9. The predicted molar refractivity (Wildman–Crippen MR) is 106 cm³/mol. The van der Waals surface area contributed by atoms with E-state index < -0.39 is 10.0 Å². The van der Waals surface area contributed by atoms with E-state index in [9.17, 15) is 13.2 Å². The van der Waals surface area contributed by atoms with Gasteiger partial charge in [-0.15, -0.1) is 0 Å². The largest absolute Gasteiger partial charge is 0.361 e. The highest BCUT2D eigenvalue weighted by Crippen LogP contribution is 2.26. The number of benzene rings is 2. The van der Waals surface area contributed by atoms with Crippen molar-refractivity contribution in [1.82, 2.24) is 10.3 Å². The fourth-order valence-corrected chi connectivity index (χ4v) is 4.98. The number of nitrogens with zero attached hydrogens (tertiary/aromatic N) is 1. The summed E-state index contributed by atoms with van der Waals surface area (Å²) in [6.45, 7) is 2.43. The molecular formula is C20H21N3O3S. The molecular weight excluding hydrogens is 362 g/mol. The molecule has 1 atom stereocenters. The molecule has 1 aromatic heterocycles. The van der Waals surface area contributed by atoms with Gasteiger partial charge in [0.1, 0.15) is 0 Å². The van der Waals surface area contributed by atoms with Crippen LogP contribution in [0, 0.1) is 0 Å². The lowest BCUT2D eigenvalue weighted by Gasteiger charge is -2.19. The topological polar surface area (TPSA) is 82.3 Å². The number of nitrogens with one attached hydrogen (secondary N) is 2. The van der Waals surface area contributed by atoms with Gasteiger partial charge in [0.15, 0.2) is 0 Å². The van der Waals surface area contributed by atoms with Gasteiger partial charge < -0.3 is 10.3 Å². The zero-order valence-electron chi connectivity index (χ0n) is 15.0. The Morgan fingerprint density at radius 2 is 1.93 bits per heavy atom. The van der Waals surface area contributed by atoms with Crippen LogP contribution in [-0.2, 0) is 10.0 Å². The number of carbonyl (C=O) groups excluding carboxylic acids is 1. The maximum Gasteiger partial charge on any atom is 0.251 e. The molecule has 2 N–H and O–H groups in total. The monoisotopic (exact) mass is 383 g/mol. The Morgan fingerprint density at radius 1 is 1.15 bits per heavy atom. The summed E-state index contributed by atoms with van der Waals surface area (Å²) < 4.78 is 25.5. The lowest BCUT2D eigenvalue weighted by atomic mass is 10.1. The third-order valence-electron chi connectivity index (χ3n) is 4.94. The molecule has 0 bridgehead atoms. The Bertz CT molecular complexity index is 1090. The van der Waals surface area contributed by atoms with Gasteiger partial charge in [-0.25, -0.2) is 8.42 Å². The first-order valence-electron chi connectivity index (χ1n) is 8.92. The number of H-pyrrole nitrogens is 1. The van der Waals surface area contributed by atoms with E-state index in [-0.39, 0.29) is 17.7 Å². The molecule has 140 valence electrons. The van der Waals surface area contributed by atoms with Crippen molar-refractivity contribution in [3.8, 4) is 0 Å². The normalized spacial score (nSPS) is 17.1. The van der Waals surface area contributed by atoms with E-state index >= 15 is 0 Å². The maximum atomic E-state index is 12.5. The van der Waals surface area contributed by atoms with E-state index in [1.165, 1.54) is 4.31 Å². The summed E-state index contributed by atoms with van der Waals surface area (Å²) in [7, 11) is -3.18. The second-order valence-corrected chi connectivity index (χ2v) is 8.82. The summed E-state index contributed by atoms with van der Waals surface area (Å²) in [6.07, 6.45) is 2.50. The number of rotatable bonds is 4. The third-order valence-corrected chi connectivity index (χ3v) is 6.81. The smallest absolute Gasteiger partial charge is 0.251 e. The number of hydrogen-bond acceptors (Lipinski definition) is 3. The van der Waals surface area contributed by atoms with Crippen LogP contribution in [0.15, 0.2) is 54.7 Å². The molecule has 1 saturated heterocycles. The van der Waals surface area contributed by atoms with Crippen LogP contribution < -0.4 is 9.62 Å². The lowest BCUT2D eigenvalue weighted by Crippen LogP contribution is -2.27. The first-order valence-corrected chi connectivity index (χ1v) is 10.5. The van der Waals surface area contributed by atoms with Gasteiger partial charge in [-0.05, 0) is 55.3 Å². The van der Waals surface area contributed by atoms with Crippen LogP contribution in [0.25, 0.3) is 10.9 Å². The van der Waals surface area contributed by atoms with Crippen molar-refractivity contribution in [2.75, 3.05) is 16.6 Å². The molecule has 0 spiro atoms. The summed E-state index contributed by atoms with van der Waals surface area (Å²) in [5.41, 5.74) is 3.19. The molecule has 1 unspecified atom stereocenters. The number of fused-ring (bicyclic) bond motifs is 1. The minimum atomic E-state index is -3.18. The average Bonchev–Trinajstić information content (AvgIpc) is 3.26. The van der Waals surface area contributed by atoms with Gasteiger partial charge in [-0.3, -0.25) is 9.10 Å². The van der Waals surface area contributed by atoms with Crippen LogP contribution in [0.4, 0.5) is 5.69 Å². The molecule has 3 aromatic rings. The molecule has 7 heteroatoms. The third kappa shape index (κ3) is 3.42. The van der Waals surface area contributed by atoms with Crippen LogP contribution >= 0.6 is 0 Å². The van der Waals surface area contributed by atoms with Crippen molar-refractivity contribution >= 4 is 32.5 Å². The van der Waals surface area contributed by atoms with Gasteiger partial charge in [0.25, 0.3) is 5.91 Å². The molecule has 2 aromatic carbocycles. The van der Waals surface area contributed by atoms with Crippen LogP contribution in [0.5, 0.6) is 0 Å². The molecule has 1 aliphatic rings. The Labute approximate surface area is 158 Å². The molecule has 1 aliphatic heterocycles. The number of amides is 1. The molecule has 1 fully saturated rings. The van der Waals surface area contributed by atoms with Gasteiger partial charge in [0.2, 0.25) is 10.0 Å². The van der Waals surface area contributed by atoms with Crippen molar-refractivity contribution in [2.45, 2.75) is 19.4 Å². The molecule has 0 saturated carbocycles. The Morgan fingerprint density at radius 3 is 2.63 bits per heavy atom. The van der Waals surface area contributed by atoms with E-state index in [1.54, 1.807) is 18.2 Å². The molecule has 0 aliphatic carbocycles. The second-order valence-electron chi connectivity index (χ2n) is 6.81. The van der Waals surface area contributed by atoms with Crippen molar-refractivity contribution in [2.24, 2.45) is 0 Å². The Kier molecular flexibility index (Phi) is 4.39. The van der Waals surface area contributed by atoms with Crippen LogP contribution in [0.1, 0.15) is 35.3 Å². The molecule has 4 rings (SSSR count). The van der Waals surface area contributed by atoms with E-state index in [0.29, 0.717) is 24.2 Å². The zero-order chi connectivity index (χ0) is 19.0. The van der Waals surface area contributed by atoms with Crippen molar-refractivity contribution in [3.63, 3.8) is 0 Å². The molecule has 2 heterocycles. The number of carbonyl (C=O) groups is 1.